The Kier molecular flexibility index (Phi) is 3.25. The molecule has 0 aromatic carbocycles. The normalized spacial score (nSPS) is 32.5. The van der Waals surface area contributed by atoms with Gasteiger partial charge in [-0.05, 0) is 25.7 Å². The van der Waals surface area contributed by atoms with Gasteiger partial charge >= 0.3 is 5.97 Å². The zero-order valence-corrected chi connectivity index (χ0v) is 11.0. The molecule has 2 bridgehead atoms. The number of hydrogen-bond donors (Lipinski definition) is 1. The smallest absolute Gasteiger partial charge is 0.311 e. The maximum Gasteiger partial charge on any atom is 0.311 e. The standard InChI is InChI=1S/C13H17NO6/c15-10-8-1-2-9(20-8)11(16)14(10)7-13(12(17)18)3-5-19-6-4-13/h8-9H,1-7H2,(H,17,18). The molecule has 0 saturated carbocycles. The summed E-state index contributed by atoms with van der Waals surface area (Å²) >= 11 is 0. The summed E-state index contributed by atoms with van der Waals surface area (Å²) in [5, 5.41) is 9.50. The molecular weight excluding hydrogens is 266 g/mol. The molecule has 3 heterocycles. The van der Waals surface area contributed by atoms with Crippen molar-refractivity contribution in [1.82, 2.24) is 4.90 Å². The first-order valence-electron chi connectivity index (χ1n) is 6.85. The number of aliphatic carboxylic acids is 1. The Hall–Kier alpha value is -1.47. The molecule has 20 heavy (non-hydrogen) atoms. The number of carbonyl (C=O) groups excluding carboxylic acids is 2. The van der Waals surface area contributed by atoms with Crippen LogP contribution in [-0.2, 0) is 23.9 Å². The van der Waals surface area contributed by atoms with Crippen molar-refractivity contribution in [3.8, 4) is 0 Å². The van der Waals surface area contributed by atoms with Crippen LogP contribution in [0.15, 0.2) is 0 Å². The Labute approximate surface area is 115 Å². The molecule has 7 heteroatoms. The zero-order chi connectivity index (χ0) is 14.3. The minimum absolute atomic E-state index is 0.0697. The van der Waals surface area contributed by atoms with Gasteiger partial charge in [-0.2, -0.15) is 0 Å². The van der Waals surface area contributed by atoms with E-state index in [0.29, 0.717) is 38.9 Å². The SMILES string of the molecule is O=C1C2CCC(O2)C(=O)N1CC1(C(=O)O)CCOCC1. The molecule has 0 radical (unpaired) electrons. The Balaban J connectivity index is 1.83. The highest BCUT2D eigenvalue weighted by Crippen LogP contribution is 2.35. The highest BCUT2D eigenvalue weighted by atomic mass is 16.5. The van der Waals surface area contributed by atoms with Gasteiger partial charge in [0.05, 0.1) is 5.41 Å². The molecule has 3 aliphatic rings. The Bertz CT molecular complexity index is 434. The number of carbonyl (C=O) groups is 3. The lowest BCUT2D eigenvalue weighted by atomic mass is 9.79. The van der Waals surface area contributed by atoms with E-state index in [1.54, 1.807) is 0 Å². The van der Waals surface area contributed by atoms with Crippen LogP contribution in [0.2, 0.25) is 0 Å². The molecule has 0 aliphatic carbocycles. The van der Waals surface area contributed by atoms with Crippen LogP contribution in [0, 0.1) is 5.41 Å². The number of amides is 2. The first-order chi connectivity index (χ1) is 9.53. The molecular formula is C13H17NO6. The highest BCUT2D eigenvalue weighted by Gasteiger charge is 2.51. The number of hydrogen-bond acceptors (Lipinski definition) is 5. The number of ether oxygens (including phenoxy) is 2. The Morgan fingerprint density at radius 3 is 2.25 bits per heavy atom. The van der Waals surface area contributed by atoms with Crippen LogP contribution in [0.5, 0.6) is 0 Å². The van der Waals surface area contributed by atoms with Crippen LogP contribution in [0.3, 0.4) is 0 Å². The van der Waals surface area contributed by atoms with E-state index in [0.717, 1.165) is 4.90 Å². The van der Waals surface area contributed by atoms with Gasteiger partial charge in [0.15, 0.2) is 0 Å². The van der Waals surface area contributed by atoms with Gasteiger partial charge in [0.25, 0.3) is 11.8 Å². The molecule has 2 unspecified atom stereocenters. The van der Waals surface area contributed by atoms with Crippen LogP contribution < -0.4 is 0 Å². The second-order valence-electron chi connectivity index (χ2n) is 5.65. The molecule has 0 spiro atoms. The summed E-state index contributed by atoms with van der Waals surface area (Å²) < 4.78 is 10.5. The fourth-order valence-corrected chi connectivity index (χ4v) is 3.12. The Morgan fingerprint density at radius 1 is 1.20 bits per heavy atom. The van der Waals surface area contributed by atoms with Crippen molar-refractivity contribution in [2.75, 3.05) is 19.8 Å². The van der Waals surface area contributed by atoms with E-state index >= 15 is 0 Å². The zero-order valence-electron chi connectivity index (χ0n) is 11.0. The second kappa shape index (κ2) is 4.82. The van der Waals surface area contributed by atoms with Crippen LogP contribution in [-0.4, -0.2) is 59.8 Å². The van der Waals surface area contributed by atoms with Crippen molar-refractivity contribution in [1.29, 1.82) is 0 Å². The fourth-order valence-electron chi connectivity index (χ4n) is 3.12. The van der Waals surface area contributed by atoms with Crippen molar-refractivity contribution in [2.24, 2.45) is 5.41 Å². The number of nitrogens with zero attached hydrogens (tertiary/aromatic N) is 1. The van der Waals surface area contributed by atoms with Crippen molar-refractivity contribution in [3.63, 3.8) is 0 Å². The first kappa shape index (κ1) is 13.5. The molecule has 0 aromatic rings. The van der Waals surface area contributed by atoms with Crippen LogP contribution >= 0.6 is 0 Å². The summed E-state index contributed by atoms with van der Waals surface area (Å²) in [6.45, 7) is 0.609. The van der Waals surface area contributed by atoms with E-state index in [2.05, 4.69) is 0 Å². The lowest BCUT2D eigenvalue weighted by Gasteiger charge is -2.39. The summed E-state index contributed by atoms with van der Waals surface area (Å²) in [4.78, 5) is 37.1. The quantitative estimate of drug-likeness (QED) is 0.720. The maximum absolute atomic E-state index is 12.2. The third-order valence-corrected chi connectivity index (χ3v) is 4.47. The molecule has 2 amide bonds. The van der Waals surface area contributed by atoms with E-state index in [-0.39, 0.29) is 6.54 Å². The van der Waals surface area contributed by atoms with Gasteiger partial charge in [-0.15, -0.1) is 0 Å². The van der Waals surface area contributed by atoms with Crippen molar-refractivity contribution < 1.29 is 29.0 Å². The largest absolute Gasteiger partial charge is 0.481 e. The average Bonchev–Trinajstić information content (AvgIpc) is 2.90. The molecule has 1 N–H and O–H groups in total. The number of morpholine rings is 1. The average molecular weight is 283 g/mol. The van der Waals surface area contributed by atoms with Gasteiger partial charge in [-0.3, -0.25) is 19.3 Å². The molecule has 3 rings (SSSR count). The molecule has 3 saturated heterocycles. The minimum atomic E-state index is -1.08. The van der Waals surface area contributed by atoms with Crippen LogP contribution in [0.25, 0.3) is 0 Å². The molecule has 0 aromatic heterocycles. The summed E-state index contributed by atoms with van der Waals surface area (Å²) in [6.07, 6.45) is 0.543. The van der Waals surface area contributed by atoms with Gasteiger partial charge < -0.3 is 14.6 Å². The number of likely N-dealkylation sites (tertiary alicyclic amines) is 1. The molecule has 2 atom stereocenters. The number of rotatable bonds is 3. The van der Waals surface area contributed by atoms with Crippen LogP contribution in [0.4, 0.5) is 0 Å². The highest BCUT2D eigenvalue weighted by molar-refractivity contribution is 6.02. The van der Waals surface area contributed by atoms with E-state index in [9.17, 15) is 19.5 Å². The van der Waals surface area contributed by atoms with E-state index in [1.165, 1.54) is 0 Å². The van der Waals surface area contributed by atoms with E-state index < -0.39 is 35.4 Å². The first-order valence-corrected chi connectivity index (χ1v) is 6.85. The predicted octanol–water partition coefficient (Wildman–Crippen LogP) is -0.216. The molecule has 110 valence electrons. The van der Waals surface area contributed by atoms with Crippen molar-refractivity contribution in [2.45, 2.75) is 37.9 Å². The van der Waals surface area contributed by atoms with Gasteiger partial charge in [0.1, 0.15) is 12.2 Å². The fraction of sp³-hybridized carbons (Fsp3) is 0.769. The third kappa shape index (κ3) is 2.01. The topological polar surface area (TPSA) is 93.1 Å². The lowest BCUT2D eigenvalue weighted by Crippen LogP contribution is -2.57. The van der Waals surface area contributed by atoms with E-state index in [4.69, 9.17) is 9.47 Å². The van der Waals surface area contributed by atoms with Gasteiger partial charge in [-0.25, -0.2) is 0 Å². The van der Waals surface area contributed by atoms with Gasteiger partial charge in [-0.1, -0.05) is 0 Å². The van der Waals surface area contributed by atoms with Crippen molar-refractivity contribution in [3.05, 3.63) is 0 Å². The summed E-state index contributed by atoms with van der Waals surface area (Å²) in [5.74, 6) is -1.76. The summed E-state index contributed by atoms with van der Waals surface area (Å²) in [6, 6.07) is 0. The lowest BCUT2D eigenvalue weighted by molar-refractivity contribution is -0.175. The predicted molar refractivity (Wildman–Crippen MR) is 64.7 cm³/mol. The van der Waals surface area contributed by atoms with Crippen LogP contribution in [0.1, 0.15) is 25.7 Å². The molecule has 7 nitrogen and oxygen atoms in total. The van der Waals surface area contributed by atoms with E-state index in [1.807, 2.05) is 0 Å². The number of fused-ring (bicyclic) bond motifs is 2. The Morgan fingerprint density at radius 2 is 1.75 bits per heavy atom. The molecule has 3 fully saturated rings. The maximum atomic E-state index is 12.2. The summed E-state index contributed by atoms with van der Waals surface area (Å²) in [7, 11) is 0. The molecule has 3 aliphatic heterocycles. The van der Waals surface area contributed by atoms with Gasteiger partial charge in [0.2, 0.25) is 0 Å². The number of carboxylic acid groups (broad SMARTS) is 1. The third-order valence-electron chi connectivity index (χ3n) is 4.47. The summed E-state index contributed by atoms with van der Waals surface area (Å²) in [5.41, 5.74) is -1.08. The number of imide groups is 1. The number of carboxylic acids is 1. The van der Waals surface area contributed by atoms with Crippen molar-refractivity contribution >= 4 is 17.8 Å². The monoisotopic (exact) mass is 283 g/mol. The van der Waals surface area contributed by atoms with Gasteiger partial charge in [0, 0.05) is 19.8 Å². The second-order valence-corrected chi connectivity index (χ2v) is 5.65. The minimum Gasteiger partial charge on any atom is -0.481 e.